The Bertz CT molecular complexity index is 588. The second-order valence-corrected chi connectivity index (χ2v) is 6.05. The molecule has 1 fully saturated rings. The molecule has 0 spiro atoms. The van der Waals surface area contributed by atoms with Gasteiger partial charge in [0.05, 0.1) is 6.04 Å². The van der Waals surface area contributed by atoms with Crippen molar-refractivity contribution in [2.75, 3.05) is 32.7 Å². The minimum Gasteiger partial charge on any atom is -0.338 e. The fourth-order valence-corrected chi connectivity index (χ4v) is 3.24. The van der Waals surface area contributed by atoms with E-state index in [4.69, 9.17) is 0 Å². The maximum atomic E-state index is 12.7. The van der Waals surface area contributed by atoms with Crippen LogP contribution in [0.15, 0.2) is 24.3 Å². The van der Waals surface area contributed by atoms with Crippen molar-refractivity contribution < 1.29 is 9.59 Å². The number of nitrogens with one attached hydrogen (secondary N) is 2. The Hall–Kier alpha value is -1.79. The molecule has 0 bridgehead atoms. The lowest BCUT2D eigenvalue weighted by Crippen LogP contribution is -2.57. The second-order valence-electron chi connectivity index (χ2n) is 6.05. The number of carbonyl (C=O) groups excluding carboxylic acids is 2. The van der Waals surface area contributed by atoms with E-state index >= 15 is 0 Å². The van der Waals surface area contributed by atoms with E-state index in [9.17, 15) is 9.59 Å². The van der Waals surface area contributed by atoms with Crippen LogP contribution in [0.2, 0.25) is 0 Å². The summed E-state index contributed by atoms with van der Waals surface area (Å²) in [4.78, 5) is 28.2. The molecular formula is C17H25ClN4O2. The molecule has 0 aromatic heterocycles. The highest BCUT2D eigenvalue weighted by Crippen LogP contribution is 2.18. The van der Waals surface area contributed by atoms with Gasteiger partial charge in [0.25, 0.3) is 0 Å². The molecule has 2 heterocycles. The van der Waals surface area contributed by atoms with Gasteiger partial charge >= 0.3 is 6.03 Å². The number of hydrogen-bond acceptors (Lipinski definition) is 3. The van der Waals surface area contributed by atoms with E-state index in [0.29, 0.717) is 32.7 Å². The van der Waals surface area contributed by atoms with Gasteiger partial charge in [-0.3, -0.25) is 4.79 Å². The zero-order valence-corrected chi connectivity index (χ0v) is 14.8. The van der Waals surface area contributed by atoms with E-state index < -0.39 is 0 Å². The first-order valence-electron chi connectivity index (χ1n) is 8.30. The van der Waals surface area contributed by atoms with Crippen molar-refractivity contribution >= 4 is 24.3 Å². The number of benzene rings is 1. The molecule has 7 heteroatoms. The molecule has 24 heavy (non-hydrogen) atoms. The summed E-state index contributed by atoms with van der Waals surface area (Å²) >= 11 is 0. The van der Waals surface area contributed by atoms with Gasteiger partial charge in [-0.15, -0.1) is 12.4 Å². The molecule has 0 aliphatic carbocycles. The maximum Gasteiger partial charge on any atom is 0.317 e. The monoisotopic (exact) mass is 352 g/mol. The largest absolute Gasteiger partial charge is 0.338 e. The van der Waals surface area contributed by atoms with Crippen molar-refractivity contribution in [3.8, 4) is 0 Å². The van der Waals surface area contributed by atoms with Gasteiger partial charge in [0, 0.05) is 39.3 Å². The molecule has 2 aliphatic heterocycles. The van der Waals surface area contributed by atoms with Crippen molar-refractivity contribution in [3.63, 3.8) is 0 Å². The Kier molecular flexibility index (Phi) is 6.45. The van der Waals surface area contributed by atoms with Crippen molar-refractivity contribution in [1.29, 1.82) is 0 Å². The summed E-state index contributed by atoms with van der Waals surface area (Å²) in [6.45, 7) is 5.69. The van der Waals surface area contributed by atoms with E-state index in [0.717, 1.165) is 13.0 Å². The van der Waals surface area contributed by atoms with Crippen LogP contribution in [0.5, 0.6) is 0 Å². The molecule has 3 amide bonds. The van der Waals surface area contributed by atoms with Crippen LogP contribution in [0.1, 0.15) is 18.1 Å². The van der Waals surface area contributed by atoms with Gasteiger partial charge in [0.2, 0.25) is 5.91 Å². The van der Waals surface area contributed by atoms with Gasteiger partial charge in [-0.05, 0) is 24.5 Å². The lowest BCUT2D eigenvalue weighted by Gasteiger charge is -2.37. The number of rotatable bonds is 2. The summed E-state index contributed by atoms with van der Waals surface area (Å²) in [7, 11) is 0. The van der Waals surface area contributed by atoms with Crippen LogP contribution < -0.4 is 10.6 Å². The molecule has 1 atom stereocenters. The Labute approximate surface area is 149 Å². The second kappa shape index (κ2) is 8.35. The molecule has 1 aromatic rings. The number of hydrogen-bond donors (Lipinski definition) is 2. The van der Waals surface area contributed by atoms with Gasteiger partial charge in [-0.25, -0.2) is 4.79 Å². The van der Waals surface area contributed by atoms with Gasteiger partial charge < -0.3 is 20.4 Å². The van der Waals surface area contributed by atoms with Gasteiger partial charge in [0.1, 0.15) is 0 Å². The quantitative estimate of drug-likeness (QED) is 0.834. The fourth-order valence-electron chi connectivity index (χ4n) is 3.24. The maximum absolute atomic E-state index is 12.7. The van der Waals surface area contributed by atoms with Crippen LogP contribution in [0.25, 0.3) is 0 Å². The Morgan fingerprint density at radius 3 is 2.42 bits per heavy atom. The average molecular weight is 353 g/mol. The molecule has 3 rings (SSSR count). The van der Waals surface area contributed by atoms with Crippen LogP contribution in [-0.4, -0.2) is 60.5 Å². The summed E-state index contributed by atoms with van der Waals surface area (Å²) < 4.78 is 0. The lowest BCUT2D eigenvalue weighted by atomic mass is 9.95. The fraction of sp³-hybridized carbons (Fsp3) is 0.529. The number of fused-ring (bicyclic) bond motifs is 1. The SMILES string of the molecule is CCNC(=O)N1CCN(C(=O)C2Cc3ccccc3CN2)CC1.Cl. The number of nitrogens with zero attached hydrogens (tertiary/aromatic N) is 2. The van der Waals surface area contributed by atoms with E-state index in [-0.39, 0.29) is 30.4 Å². The molecule has 132 valence electrons. The molecule has 1 aromatic carbocycles. The van der Waals surface area contributed by atoms with E-state index in [1.807, 2.05) is 24.0 Å². The average Bonchev–Trinajstić information content (AvgIpc) is 2.61. The predicted octanol–water partition coefficient (Wildman–Crippen LogP) is 0.996. The number of halogens is 1. The van der Waals surface area contributed by atoms with Crippen LogP contribution in [0.3, 0.4) is 0 Å². The minimum absolute atomic E-state index is 0. The van der Waals surface area contributed by atoms with Crippen LogP contribution in [0, 0.1) is 0 Å². The number of amides is 3. The van der Waals surface area contributed by atoms with Crippen LogP contribution in [-0.2, 0) is 17.8 Å². The molecular weight excluding hydrogens is 328 g/mol. The van der Waals surface area contributed by atoms with Crippen molar-refractivity contribution in [2.24, 2.45) is 0 Å². The highest BCUT2D eigenvalue weighted by Gasteiger charge is 2.30. The normalized spacial score (nSPS) is 20.0. The van der Waals surface area contributed by atoms with Crippen molar-refractivity contribution in [3.05, 3.63) is 35.4 Å². The summed E-state index contributed by atoms with van der Waals surface area (Å²) in [5, 5.41) is 6.15. The third-order valence-electron chi connectivity index (χ3n) is 4.59. The molecule has 0 radical (unpaired) electrons. The first-order valence-corrected chi connectivity index (χ1v) is 8.30. The van der Waals surface area contributed by atoms with E-state index in [1.54, 1.807) is 4.90 Å². The summed E-state index contributed by atoms with van der Waals surface area (Å²) in [6.07, 6.45) is 0.742. The van der Waals surface area contributed by atoms with Gasteiger partial charge in [0.15, 0.2) is 0 Å². The smallest absolute Gasteiger partial charge is 0.317 e. The highest BCUT2D eigenvalue weighted by molar-refractivity contribution is 5.85. The molecule has 2 aliphatic rings. The van der Waals surface area contributed by atoms with Crippen LogP contribution in [0.4, 0.5) is 4.79 Å². The molecule has 1 unspecified atom stereocenters. The Morgan fingerprint density at radius 1 is 1.12 bits per heavy atom. The lowest BCUT2D eigenvalue weighted by molar-refractivity contribution is -0.135. The Morgan fingerprint density at radius 2 is 1.75 bits per heavy atom. The zero-order valence-electron chi connectivity index (χ0n) is 14.0. The summed E-state index contributed by atoms with van der Waals surface area (Å²) in [6, 6.07) is 8.07. The number of urea groups is 1. The third kappa shape index (κ3) is 3.99. The number of piperazine rings is 1. The molecule has 0 saturated carbocycles. The Balaban J connectivity index is 0.00000208. The number of carbonyl (C=O) groups is 2. The topological polar surface area (TPSA) is 64.7 Å². The molecule has 1 saturated heterocycles. The van der Waals surface area contributed by atoms with Crippen LogP contribution >= 0.6 is 12.4 Å². The molecule has 6 nitrogen and oxygen atoms in total. The minimum atomic E-state index is -0.152. The van der Waals surface area contributed by atoms with Crippen molar-refractivity contribution in [1.82, 2.24) is 20.4 Å². The summed E-state index contributed by atoms with van der Waals surface area (Å²) in [5.74, 6) is 0.148. The first kappa shape index (κ1) is 18.5. The molecule has 2 N–H and O–H groups in total. The predicted molar refractivity (Wildman–Crippen MR) is 95.2 cm³/mol. The highest BCUT2D eigenvalue weighted by atomic mass is 35.5. The standard InChI is InChI=1S/C17H24N4O2.ClH/c1-2-18-17(23)21-9-7-20(8-10-21)16(22)15-11-13-5-3-4-6-14(13)12-19-15;/h3-6,15,19H,2,7-12H2,1H3,(H,18,23);1H. The third-order valence-corrected chi connectivity index (χ3v) is 4.59. The zero-order chi connectivity index (χ0) is 16.2. The first-order chi connectivity index (χ1) is 11.2. The summed E-state index contributed by atoms with van der Waals surface area (Å²) in [5.41, 5.74) is 2.53. The van der Waals surface area contributed by atoms with Crippen molar-refractivity contribution in [2.45, 2.75) is 25.9 Å². The van der Waals surface area contributed by atoms with E-state index in [2.05, 4.69) is 22.8 Å². The van der Waals surface area contributed by atoms with Gasteiger partial charge in [-0.1, -0.05) is 24.3 Å². The van der Waals surface area contributed by atoms with E-state index in [1.165, 1.54) is 11.1 Å². The van der Waals surface area contributed by atoms with Gasteiger partial charge in [-0.2, -0.15) is 0 Å².